The molecule has 1 aromatic carbocycles. The lowest BCUT2D eigenvalue weighted by Crippen LogP contribution is -2.23. The summed E-state index contributed by atoms with van der Waals surface area (Å²) in [5.74, 6) is 0. The van der Waals surface area contributed by atoms with Crippen molar-refractivity contribution in [1.29, 1.82) is 0 Å². The standard InChI is InChI=1S/C17H19NS2/c1-3-9-18-17(13-7-5-4-6-12(13)2)16-11-15-14(20-16)8-10-19-15/h4-8,10-11,17-18H,3,9H2,1-2H3. The molecule has 0 amide bonds. The molecule has 2 heterocycles. The van der Waals surface area contributed by atoms with Gasteiger partial charge < -0.3 is 5.32 Å². The zero-order valence-corrected chi connectivity index (χ0v) is 13.5. The third kappa shape index (κ3) is 2.66. The summed E-state index contributed by atoms with van der Waals surface area (Å²) in [5.41, 5.74) is 2.76. The number of benzene rings is 1. The molecule has 0 aliphatic heterocycles. The summed E-state index contributed by atoms with van der Waals surface area (Å²) in [6.07, 6.45) is 1.15. The first kappa shape index (κ1) is 13.8. The molecule has 0 aliphatic rings. The molecule has 1 unspecified atom stereocenters. The fourth-order valence-corrected chi connectivity index (χ4v) is 4.70. The maximum absolute atomic E-state index is 3.71. The van der Waals surface area contributed by atoms with Gasteiger partial charge in [-0.05, 0) is 48.5 Å². The van der Waals surface area contributed by atoms with Crippen molar-refractivity contribution >= 4 is 32.1 Å². The van der Waals surface area contributed by atoms with Gasteiger partial charge in [0.2, 0.25) is 0 Å². The molecule has 3 heteroatoms. The summed E-state index contributed by atoms with van der Waals surface area (Å²) >= 11 is 3.75. The molecule has 0 bridgehead atoms. The van der Waals surface area contributed by atoms with Crippen LogP contribution in [0.25, 0.3) is 9.40 Å². The van der Waals surface area contributed by atoms with Crippen molar-refractivity contribution in [3.8, 4) is 0 Å². The Kier molecular flexibility index (Phi) is 4.20. The SMILES string of the molecule is CCCNC(c1cc2sccc2s1)c1ccccc1C. The Bertz CT molecular complexity index is 667. The molecule has 20 heavy (non-hydrogen) atoms. The van der Waals surface area contributed by atoms with E-state index in [1.807, 2.05) is 22.7 Å². The Morgan fingerprint density at radius 2 is 2.00 bits per heavy atom. The monoisotopic (exact) mass is 301 g/mol. The highest BCUT2D eigenvalue weighted by Crippen LogP contribution is 2.36. The van der Waals surface area contributed by atoms with Crippen LogP contribution in [0.2, 0.25) is 0 Å². The van der Waals surface area contributed by atoms with Gasteiger partial charge in [-0.1, -0.05) is 31.2 Å². The normalized spacial score (nSPS) is 12.9. The highest BCUT2D eigenvalue weighted by Gasteiger charge is 2.18. The van der Waals surface area contributed by atoms with E-state index in [0.717, 1.165) is 13.0 Å². The topological polar surface area (TPSA) is 12.0 Å². The highest BCUT2D eigenvalue weighted by atomic mass is 32.1. The van der Waals surface area contributed by atoms with Crippen molar-refractivity contribution in [2.75, 3.05) is 6.54 Å². The van der Waals surface area contributed by atoms with Crippen LogP contribution < -0.4 is 5.32 Å². The van der Waals surface area contributed by atoms with Gasteiger partial charge in [0.1, 0.15) is 0 Å². The second-order valence-corrected chi connectivity index (χ2v) is 7.10. The predicted octanol–water partition coefficient (Wildman–Crippen LogP) is 5.36. The van der Waals surface area contributed by atoms with Gasteiger partial charge >= 0.3 is 0 Å². The summed E-state index contributed by atoms with van der Waals surface area (Å²) in [6.45, 7) is 5.46. The quantitative estimate of drug-likeness (QED) is 0.669. The van der Waals surface area contributed by atoms with Crippen molar-refractivity contribution in [3.05, 3.63) is 57.8 Å². The van der Waals surface area contributed by atoms with Gasteiger partial charge in [0.25, 0.3) is 0 Å². The van der Waals surface area contributed by atoms with Crippen LogP contribution >= 0.6 is 22.7 Å². The minimum absolute atomic E-state index is 0.320. The molecular weight excluding hydrogens is 282 g/mol. The number of nitrogens with one attached hydrogen (secondary N) is 1. The molecule has 3 aromatic rings. The van der Waals surface area contributed by atoms with E-state index >= 15 is 0 Å². The summed E-state index contributed by atoms with van der Waals surface area (Å²) in [7, 11) is 0. The Morgan fingerprint density at radius 3 is 2.75 bits per heavy atom. The fourth-order valence-electron chi connectivity index (χ4n) is 2.49. The Labute approximate surface area is 128 Å². The van der Waals surface area contributed by atoms with E-state index < -0.39 is 0 Å². The summed E-state index contributed by atoms with van der Waals surface area (Å²) in [4.78, 5) is 1.43. The van der Waals surface area contributed by atoms with Crippen molar-refractivity contribution in [2.45, 2.75) is 26.3 Å². The summed E-state index contributed by atoms with van der Waals surface area (Å²) in [6, 6.07) is 13.6. The van der Waals surface area contributed by atoms with E-state index in [1.54, 1.807) is 0 Å². The van der Waals surface area contributed by atoms with Crippen LogP contribution in [0.3, 0.4) is 0 Å². The number of rotatable bonds is 5. The molecule has 0 spiro atoms. The second-order valence-electron chi connectivity index (χ2n) is 5.04. The summed E-state index contributed by atoms with van der Waals surface area (Å²) < 4.78 is 2.81. The van der Waals surface area contributed by atoms with E-state index in [0.29, 0.717) is 6.04 Å². The smallest absolute Gasteiger partial charge is 0.0674 e. The van der Waals surface area contributed by atoms with Crippen molar-refractivity contribution in [3.63, 3.8) is 0 Å². The number of hydrogen-bond donors (Lipinski definition) is 1. The second kappa shape index (κ2) is 6.08. The molecule has 104 valence electrons. The average molecular weight is 301 g/mol. The third-order valence-corrected chi connectivity index (χ3v) is 5.70. The van der Waals surface area contributed by atoms with E-state index in [-0.39, 0.29) is 0 Å². The van der Waals surface area contributed by atoms with Crippen LogP contribution in [-0.2, 0) is 0 Å². The van der Waals surface area contributed by atoms with Crippen LogP contribution in [0.5, 0.6) is 0 Å². The minimum atomic E-state index is 0.320. The molecule has 3 rings (SSSR count). The molecule has 1 atom stereocenters. The Hall–Kier alpha value is -1.16. The molecule has 0 radical (unpaired) electrons. The fraction of sp³-hybridized carbons (Fsp3) is 0.294. The van der Waals surface area contributed by atoms with Gasteiger partial charge in [-0.25, -0.2) is 0 Å². The lowest BCUT2D eigenvalue weighted by atomic mass is 10.00. The summed E-state index contributed by atoms with van der Waals surface area (Å²) in [5, 5.41) is 5.88. The number of hydrogen-bond acceptors (Lipinski definition) is 3. The van der Waals surface area contributed by atoms with Gasteiger partial charge in [0.15, 0.2) is 0 Å². The van der Waals surface area contributed by atoms with E-state index in [2.05, 4.69) is 60.9 Å². The van der Waals surface area contributed by atoms with Gasteiger partial charge in [-0.2, -0.15) is 0 Å². The molecular formula is C17H19NS2. The zero-order chi connectivity index (χ0) is 13.9. The molecule has 0 aliphatic carbocycles. The lowest BCUT2D eigenvalue weighted by molar-refractivity contribution is 0.604. The maximum Gasteiger partial charge on any atom is 0.0674 e. The predicted molar refractivity (Wildman–Crippen MR) is 91.0 cm³/mol. The molecule has 1 N–H and O–H groups in total. The van der Waals surface area contributed by atoms with Gasteiger partial charge in [0, 0.05) is 14.3 Å². The van der Waals surface area contributed by atoms with Crippen LogP contribution in [0.4, 0.5) is 0 Å². The van der Waals surface area contributed by atoms with Crippen molar-refractivity contribution < 1.29 is 0 Å². The van der Waals surface area contributed by atoms with E-state index in [9.17, 15) is 0 Å². The number of fused-ring (bicyclic) bond motifs is 1. The first-order valence-corrected chi connectivity index (χ1v) is 8.75. The van der Waals surface area contributed by atoms with Crippen molar-refractivity contribution in [1.82, 2.24) is 5.32 Å². The largest absolute Gasteiger partial charge is 0.306 e. The van der Waals surface area contributed by atoms with E-state index in [4.69, 9.17) is 0 Å². The molecule has 2 aromatic heterocycles. The van der Waals surface area contributed by atoms with Crippen LogP contribution in [0.1, 0.15) is 35.4 Å². The minimum Gasteiger partial charge on any atom is -0.306 e. The molecule has 0 saturated carbocycles. The first-order chi connectivity index (χ1) is 9.79. The lowest BCUT2D eigenvalue weighted by Gasteiger charge is -2.19. The van der Waals surface area contributed by atoms with E-state index in [1.165, 1.54) is 25.4 Å². The first-order valence-electron chi connectivity index (χ1n) is 7.05. The van der Waals surface area contributed by atoms with Gasteiger partial charge in [-0.15, -0.1) is 22.7 Å². The van der Waals surface area contributed by atoms with Crippen molar-refractivity contribution in [2.24, 2.45) is 0 Å². The zero-order valence-electron chi connectivity index (χ0n) is 11.8. The van der Waals surface area contributed by atoms with Crippen LogP contribution in [0, 0.1) is 6.92 Å². The Morgan fingerprint density at radius 1 is 1.15 bits per heavy atom. The average Bonchev–Trinajstić information content (AvgIpc) is 3.02. The highest BCUT2D eigenvalue weighted by molar-refractivity contribution is 7.27. The Balaban J connectivity index is 2.01. The van der Waals surface area contributed by atoms with Crippen LogP contribution in [-0.4, -0.2) is 6.54 Å². The maximum atomic E-state index is 3.71. The van der Waals surface area contributed by atoms with Gasteiger partial charge in [-0.3, -0.25) is 0 Å². The molecule has 1 nitrogen and oxygen atoms in total. The molecule has 0 saturated heterocycles. The van der Waals surface area contributed by atoms with Crippen LogP contribution in [0.15, 0.2) is 41.8 Å². The van der Waals surface area contributed by atoms with Gasteiger partial charge in [0.05, 0.1) is 6.04 Å². The number of aryl methyl sites for hydroxylation is 1. The number of thiophene rings is 2. The third-order valence-electron chi connectivity index (χ3n) is 3.54. The molecule has 0 fully saturated rings.